The van der Waals surface area contributed by atoms with Crippen molar-refractivity contribution in [3.8, 4) is 5.75 Å². The van der Waals surface area contributed by atoms with Crippen LogP contribution in [-0.2, 0) is 6.54 Å². The van der Waals surface area contributed by atoms with Crippen molar-refractivity contribution in [3.63, 3.8) is 0 Å². The van der Waals surface area contributed by atoms with Gasteiger partial charge >= 0.3 is 0 Å². The number of piperazine rings is 1. The van der Waals surface area contributed by atoms with Gasteiger partial charge in [0.2, 0.25) is 0 Å². The number of anilines is 3. The van der Waals surface area contributed by atoms with Gasteiger partial charge in [-0.15, -0.1) is 0 Å². The summed E-state index contributed by atoms with van der Waals surface area (Å²) in [4.78, 5) is 13.3. The number of benzene rings is 2. The van der Waals surface area contributed by atoms with Gasteiger partial charge < -0.3 is 19.9 Å². The summed E-state index contributed by atoms with van der Waals surface area (Å²) >= 11 is 0. The minimum Gasteiger partial charge on any atom is -0.495 e. The zero-order valence-electron chi connectivity index (χ0n) is 16.4. The number of ether oxygens (including phenoxy) is 1. The Kier molecular flexibility index (Phi) is 5.74. The van der Waals surface area contributed by atoms with Gasteiger partial charge in [-0.3, -0.25) is 0 Å². The van der Waals surface area contributed by atoms with Crippen LogP contribution in [0.1, 0.15) is 5.56 Å². The Bertz CT molecular complexity index is 942. The van der Waals surface area contributed by atoms with Crippen molar-refractivity contribution >= 4 is 17.3 Å². The Hall–Kier alpha value is -3.35. The van der Waals surface area contributed by atoms with Gasteiger partial charge in [0.05, 0.1) is 12.8 Å². The highest BCUT2D eigenvalue weighted by atomic mass is 19.1. The first-order valence-corrected chi connectivity index (χ1v) is 9.66. The number of para-hydroxylation sites is 2. The quantitative estimate of drug-likeness (QED) is 0.691. The summed E-state index contributed by atoms with van der Waals surface area (Å²) < 4.78 is 18.5. The van der Waals surface area contributed by atoms with E-state index < -0.39 is 0 Å². The highest BCUT2D eigenvalue weighted by molar-refractivity contribution is 5.60. The second-order valence-corrected chi connectivity index (χ2v) is 6.89. The molecule has 0 atom stereocenters. The zero-order chi connectivity index (χ0) is 20.1. The van der Waals surface area contributed by atoms with E-state index in [0.717, 1.165) is 54.8 Å². The largest absolute Gasteiger partial charge is 0.495 e. The van der Waals surface area contributed by atoms with Crippen LogP contribution in [0.25, 0.3) is 0 Å². The molecule has 1 N–H and O–H groups in total. The van der Waals surface area contributed by atoms with E-state index in [1.54, 1.807) is 25.6 Å². The molecule has 2 heterocycles. The first kappa shape index (κ1) is 19.0. The second-order valence-electron chi connectivity index (χ2n) is 6.89. The Morgan fingerprint density at radius 3 is 2.45 bits per heavy atom. The molecule has 0 amide bonds. The van der Waals surface area contributed by atoms with E-state index in [0.29, 0.717) is 6.54 Å². The van der Waals surface area contributed by atoms with Gasteiger partial charge in [-0.1, -0.05) is 24.3 Å². The van der Waals surface area contributed by atoms with Crippen LogP contribution in [0.5, 0.6) is 5.75 Å². The molecule has 1 aromatic heterocycles. The van der Waals surface area contributed by atoms with E-state index in [-0.39, 0.29) is 5.82 Å². The maximum atomic E-state index is 13.0. The summed E-state index contributed by atoms with van der Waals surface area (Å²) in [5.74, 6) is 2.33. The average Bonchev–Trinajstić information content (AvgIpc) is 2.79. The molecular weight excluding hydrogens is 369 g/mol. The molecule has 2 aromatic carbocycles. The van der Waals surface area contributed by atoms with Crippen LogP contribution >= 0.6 is 0 Å². The molecule has 150 valence electrons. The van der Waals surface area contributed by atoms with Crippen molar-refractivity contribution in [2.75, 3.05) is 48.4 Å². The third kappa shape index (κ3) is 4.56. The molecule has 4 rings (SSSR count). The van der Waals surface area contributed by atoms with Crippen molar-refractivity contribution in [2.45, 2.75) is 6.54 Å². The maximum absolute atomic E-state index is 13.0. The van der Waals surface area contributed by atoms with Gasteiger partial charge in [0, 0.05) is 38.8 Å². The Labute approximate surface area is 170 Å². The molecule has 1 fully saturated rings. The standard InChI is InChI=1S/C22H24FN5O/c1-29-20-5-3-2-4-19(20)27-10-12-28(13-11-27)22-14-21(25-16-26-22)24-15-17-6-8-18(23)9-7-17/h2-9,14,16H,10-13,15H2,1H3,(H,24,25,26). The SMILES string of the molecule is COc1ccccc1N1CCN(c2cc(NCc3ccc(F)cc3)ncn2)CC1. The summed E-state index contributed by atoms with van der Waals surface area (Å²) in [5, 5.41) is 3.28. The lowest BCUT2D eigenvalue weighted by molar-refractivity contribution is 0.413. The van der Waals surface area contributed by atoms with E-state index >= 15 is 0 Å². The molecule has 0 spiro atoms. The molecular formula is C22H24FN5O. The molecule has 1 saturated heterocycles. The van der Waals surface area contributed by atoms with Crippen molar-refractivity contribution in [2.24, 2.45) is 0 Å². The lowest BCUT2D eigenvalue weighted by Crippen LogP contribution is -2.47. The van der Waals surface area contributed by atoms with Crippen LogP contribution in [0.2, 0.25) is 0 Å². The summed E-state index contributed by atoms with van der Waals surface area (Å²) in [6.45, 7) is 4.10. The third-order valence-electron chi connectivity index (χ3n) is 5.07. The van der Waals surface area contributed by atoms with Crippen molar-refractivity contribution < 1.29 is 9.13 Å². The van der Waals surface area contributed by atoms with Crippen molar-refractivity contribution in [1.29, 1.82) is 0 Å². The van der Waals surface area contributed by atoms with Crippen LogP contribution in [0.15, 0.2) is 60.9 Å². The number of halogens is 1. The predicted molar refractivity (Wildman–Crippen MR) is 113 cm³/mol. The summed E-state index contributed by atoms with van der Waals surface area (Å²) in [7, 11) is 1.70. The number of hydrogen-bond acceptors (Lipinski definition) is 6. The fourth-order valence-electron chi connectivity index (χ4n) is 3.48. The van der Waals surface area contributed by atoms with E-state index in [1.807, 2.05) is 24.3 Å². The number of nitrogens with one attached hydrogen (secondary N) is 1. The lowest BCUT2D eigenvalue weighted by atomic mass is 10.2. The van der Waals surface area contributed by atoms with E-state index in [4.69, 9.17) is 4.74 Å². The van der Waals surface area contributed by atoms with E-state index in [9.17, 15) is 4.39 Å². The lowest BCUT2D eigenvalue weighted by Gasteiger charge is -2.37. The van der Waals surface area contributed by atoms with Gasteiger partial charge in [0.1, 0.15) is 29.5 Å². The Morgan fingerprint density at radius 2 is 1.69 bits per heavy atom. The van der Waals surface area contributed by atoms with Crippen molar-refractivity contribution in [3.05, 3.63) is 72.3 Å². The maximum Gasteiger partial charge on any atom is 0.142 e. The monoisotopic (exact) mass is 393 g/mol. The summed E-state index contributed by atoms with van der Waals surface area (Å²) in [6.07, 6.45) is 1.58. The number of hydrogen-bond donors (Lipinski definition) is 1. The van der Waals surface area contributed by atoms with Gasteiger partial charge in [-0.25, -0.2) is 14.4 Å². The summed E-state index contributed by atoms with van der Waals surface area (Å²) in [5.41, 5.74) is 2.12. The van der Waals surface area contributed by atoms with Crippen LogP contribution in [0.4, 0.5) is 21.7 Å². The van der Waals surface area contributed by atoms with Gasteiger partial charge in [-0.05, 0) is 29.8 Å². The van der Waals surface area contributed by atoms with Crippen LogP contribution in [0.3, 0.4) is 0 Å². The first-order chi connectivity index (χ1) is 14.2. The molecule has 6 nitrogen and oxygen atoms in total. The van der Waals surface area contributed by atoms with Crippen LogP contribution in [-0.4, -0.2) is 43.3 Å². The average molecular weight is 393 g/mol. The smallest absolute Gasteiger partial charge is 0.142 e. The molecule has 7 heteroatoms. The fraction of sp³-hybridized carbons (Fsp3) is 0.273. The summed E-state index contributed by atoms with van der Waals surface area (Å²) in [6, 6.07) is 16.5. The van der Waals surface area contributed by atoms with Gasteiger partial charge in [0.15, 0.2) is 0 Å². The minimum atomic E-state index is -0.231. The Balaban J connectivity index is 1.37. The second kappa shape index (κ2) is 8.77. The van der Waals surface area contributed by atoms with Crippen LogP contribution in [0, 0.1) is 5.82 Å². The highest BCUT2D eigenvalue weighted by Gasteiger charge is 2.20. The van der Waals surface area contributed by atoms with Gasteiger partial charge in [0.25, 0.3) is 0 Å². The minimum absolute atomic E-state index is 0.231. The third-order valence-corrected chi connectivity index (χ3v) is 5.07. The fourth-order valence-corrected chi connectivity index (χ4v) is 3.48. The molecule has 1 aliphatic heterocycles. The molecule has 0 unspecified atom stereocenters. The molecule has 0 radical (unpaired) electrons. The molecule has 0 saturated carbocycles. The first-order valence-electron chi connectivity index (χ1n) is 9.66. The van der Waals surface area contributed by atoms with Gasteiger partial charge in [-0.2, -0.15) is 0 Å². The number of methoxy groups -OCH3 is 1. The molecule has 1 aliphatic rings. The van der Waals surface area contributed by atoms with E-state index in [2.05, 4.69) is 31.2 Å². The molecule has 0 bridgehead atoms. The predicted octanol–water partition coefficient (Wildman–Crippen LogP) is 3.56. The number of aromatic nitrogens is 2. The zero-order valence-corrected chi connectivity index (χ0v) is 16.4. The number of rotatable bonds is 6. The molecule has 0 aliphatic carbocycles. The van der Waals surface area contributed by atoms with E-state index in [1.165, 1.54) is 12.1 Å². The normalized spacial score (nSPS) is 14.0. The Morgan fingerprint density at radius 1 is 0.966 bits per heavy atom. The topological polar surface area (TPSA) is 53.5 Å². The number of nitrogens with zero attached hydrogens (tertiary/aromatic N) is 4. The van der Waals surface area contributed by atoms with Crippen LogP contribution < -0.4 is 19.9 Å². The molecule has 3 aromatic rings. The highest BCUT2D eigenvalue weighted by Crippen LogP contribution is 2.29. The van der Waals surface area contributed by atoms with Crippen molar-refractivity contribution in [1.82, 2.24) is 9.97 Å². The molecule has 29 heavy (non-hydrogen) atoms.